The van der Waals surface area contributed by atoms with E-state index >= 15 is 0 Å². The van der Waals surface area contributed by atoms with Crippen molar-refractivity contribution in [1.82, 2.24) is 15.5 Å². The number of carboxylic acids is 1. The molecule has 3 aromatic rings. The van der Waals surface area contributed by atoms with Gasteiger partial charge in [-0.2, -0.15) is 18.2 Å². The van der Waals surface area contributed by atoms with Gasteiger partial charge in [0.25, 0.3) is 5.89 Å². The van der Waals surface area contributed by atoms with E-state index in [1.165, 1.54) is 12.1 Å². The molecular weight excluding hydrogens is 463 g/mol. The van der Waals surface area contributed by atoms with Crippen LogP contribution >= 0.6 is 0 Å². The SMILES string of the molecule is CC(C)COc1ccc(-c2nc(-c3ccc(CNC4CC(C(=O)O)C4)cc3)no2)cc1C(F)(F)F. The Hall–Kier alpha value is -3.40. The van der Waals surface area contributed by atoms with Crippen molar-refractivity contribution >= 4 is 5.97 Å². The summed E-state index contributed by atoms with van der Waals surface area (Å²) in [6, 6.07) is 11.3. The van der Waals surface area contributed by atoms with Gasteiger partial charge in [0.15, 0.2) is 0 Å². The molecular formula is C25H26F3N3O4. The van der Waals surface area contributed by atoms with Gasteiger partial charge < -0.3 is 19.7 Å². The summed E-state index contributed by atoms with van der Waals surface area (Å²) in [4.78, 5) is 15.2. The Labute approximate surface area is 200 Å². The molecule has 0 atom stereocenters. The van der Waals surface area contributed by atoms with E-state index in [0.29, 0.717) is 24.9 Å². The lowest BCUT2D eigenvalue weighted by Gasteiger charge is -2.33. The highest BCUT2D eigenvalue weighted by molar-refractivity contribution is 5.71. The van der Waals surface area contributed by atoms with Crippen LogP contribution in [-0.4, -0.2) is 33.9 Å². The van der Waals surface area contributed by atoms with Crippen molar-refractivity contribution in [2.45, 2.75) is 45.5 Å². The Bertz CT molecular complexity index is 1170. The third-order valence-corrected chi connectivity index (χ3v) is 5.82. The minimum absolute atomic E-state index is 0.0235. The highest BCUT2D eigenvalue weighted by Gasteiger charge is 2.35. The van der Waals surface area contributed by atoms with Crippen LogP contribution in [0.15, 0.2) is 47.0 Å². The van der Waals surface area contributed by atoms with E-state index in [2.05, 4.69) is 15.5 Å². The summed E-state index contributed by atoms with van der Waals surface area (Å²) in [5.74, 6) is -0.936. The van der Waals surface area contributed by atoms with Crippen molar-refractivity contribution in [3.63, 3.8) is 0 Å². The lowest BCUT2D eigenvalue weighted by atomic mass is 9.80. The van der Waals surface area contributed by atoms with Gasteiger partial charge >= 0.3 is 12.1 Å². The number of carbonyl (C=O) groups is 1. The summed E-state index contributed by atoms with van der Waals surface area (Å²) in [5, 5.41) is 16.2. The molecule has 35 heavy (non-hydrogen) atoms. The van der Waals surface area contributed by atoms with Gasteiger partial charge in [-0.05, 0) is 42.5 Å². The van der Waals surface area contributed by atoms with E-state index in [9.17, 15) is 18.0 Å². The van der Waals surface area contributed by atoms with Crippen LogP contribution < -0.4 is 10.1 Å². The number of benzene rings is 2. The van der Waals surface area contributed by atoms with E-state index in [0.717, 1.165) is 11.6 Å². The second kappa shape index (κ2) is 10.1. The van der Waals surface area contributed by atoms with Crippen molar-refractivity contribution in [2.75, 3.05) is 6.61 Å². The average Bonchev–Trinajstić information content (AvgIpc) is 3.26. The van der Waals surface area contributed by atoms with Gasteiger partial charge in [-0.25, -0.2) is 0 Å². The van der Waals surface area contributed by atoms with Crippen LogP contribution in [0.2, 0.25) is 0 Å². The number of halogens is 3. The topological polar surface area (TPSA) is 97.5 Å². The maximum Gasteiger partial charge on any atom is 0.419 e. The van der Waals surface area contributed by atoms with Gasteiger partial charge in [-0.3, -0.25) is 4.79 Å². The number of nitrogens with zero attached hydrogens (tertiary/aromatic N) is 2. The Balaban J connectivity index is 1.43. The molecule has 10 heteroatoms. The smallest absolute Gasteiger partial charge is 0.419 e. The fraction of sp³-hybridized carbons (Fsp3) is 0.400. The number of alkyl halides is 3. The Morgan fingerprint density at radius 1 is 1.17 bits per heavy atom. The van der Waals surface area contributed by atoms with Gasteiger partial charge in [-0.15, -0.1) is 0 Å². The zero-order valence-corrected chi connectivity index (χ0v) is 19.3. The van der Waals surface area contributed by atoms with Gasteiger partial charge in [0, 0.05) is 23.7 Å². The van der Waals surface area contributed by atoms with Crippen LogP contribution in [-0.2, 0) is 17.5 Å². The fourth-order valence-electron chi connectivity index (χ4n) is 3.74. The molecule has 1 heterocycles. The normalized spacial score (nSPS) is 17.9. The van der Waals surface area contributed by atoms with Gasteiger partial charge in [-0.1, -0.05) is 43.3 Å². The van der Waals surface area contributed by atoms with E-state index in [1.807, 2.05) is 26.0 Å². The minimum atomic E-state index is -4.59. The van der Waals surface area contributed by atoms with Crippen molar-refractivity contribution in [1.29, 1.82) is 0 Å². The van der Waals surface area contributed by atoms with Crippen LogP contribution in [0.1, 0.15) is 37.8 Å². The first kappa shape index (κ1) is 24.7. The predicted molar refractivity (Wildman–Crippen MR) is 121 cm³/mol. The fourth-order valence-corrected chi connectivity index (χ4v) is 3.74. The molecule has 0 spiro atoms. The van der Waals surface area contributed by atoms with Gasteiger partial charge in [0.2, 0.25) is 5.82 Å². The van der Waals surface area contributed by atoms with Crippen molar-refractivity contribution in [3.8, 4) is 28.6 Å². The molecule has 0 saturated heterocycles. The zero-order valence-electron chi connectivity index (χ0n) is 19.3. The number of nitrogens with one attached hydrogen (secondary N) is 1. The number of aromatic nitrogens is 2. The molecule has 1 aromatic heterocycles. The molecule has 7 nitrogen and oxygen atoms in total. The van der Waals surface area contributed by atoms with Crippen LogP contribution in [0, 0.1) is 11.8 Å². The minimum Gasteiger partial charge on any atom is -0.493 e. The molecule has 1 saturated carbocycles. The molecule has 0 amide bonds. The molecule has 4 rings (SSSR count). The molecule has 0 radical (unpaired) electrons. The average molecular weight is 489 g/mol. The van der Waals surface area contributed by atoms with Crippen molar-refractivity contribution in [3.05, 3.63) is 53.6 Å². The number of hydrogen-bond acceptors (Lipinski definition) is 6. The Morgan fingerprint density at radius 3 is 2.49 bits per heavy atom. The molecule has 0 bridgehead atoms. The summed E-state index contributed by atoms with van der Waals surface area (Å²) < 4.78 is 51.4. The van der Waals surface area contributed by atoms with Crippen LogP contribution in [0.4, 0.5) is 13.2 Å². The molecule has 1 fully saturated rings. The molecule has 0 unspecified atom stereocenters. The Morgan fingerprint density at radius 2 is 1.86 bits per heavy atom. The molecule has 1 aliphatic carbocycles. The maximum absolute atomic E-state index is 13.6. The van der Waals surface area contributed by atoms with Gasteiger partial charge in [0.05, 0.1) is 18.1 Å². The summed E-state index contributed by atoms with van der Waals surface area (Å²) in [6.07, 6.45) is -3.34. The number of hydrogen-bond donors (Lipinski definition) is 2. The van der Waals surface area contributed by atoms with Crippen LogP contribution in [0.5, 0.6) is 5.75 Å². The van der Waals surface area contributed by atoms with Gasteiger partial charge in [0.1, 0.15) is 5.75 Å². The van der Waals surface area contributed by atoms with Crippen LogP contribution in [0.25, 0.3) is 22.8 Å². The maximum atomic E-state index is 13.6. The second-order valence-electron chi connectivity index (χ2n) is 9.12. The molecule has 0 aliphatic heterocycles. The number of carboxylic acid groups (broad SMARTS) is 1. The Kier molecular flexibility index (Phi) is 7.11. The molecule has 1 aliphatic rings. The third kappa shape index (κ3) is 6.00. The largest absolute Gasteiger partial charge is 0.493 e. The van der Waals surface area contributed by atoms with Crippen molar-refractivity contribution < 1.29 is 32.3 Å². The monoisotopic (exact) mass is 489 g/mol. The summed E-state index contributed by atoms with van der Waals surface area (Å²) in [6.45, 7) is 4.48. The van der Waals surface area contributed by atoms with Crippen molar-refractivity contribution in [2.24, 2.45) is 11.8 Å². The zero-order chi connectivity index (χ0) is 25.2. The quantitative estimate of drug-likeness (QED) is 0.415. The summed E-state index contributed by atoms with van der Waals surface area (Å²) in [7, 11) is 0. The highest BCUT2D eigenvalue weighted by atomic mass is 19.4. The lowest BCUT2D eigenvalue weighted by molar-refractivity contribution is -0.145. The third-order valence-electron chi connectivity index (χ3n) is 5.82. The summed E-state index contributed by atoms with van der Waals surface area (Å²) in [5.41, 5.74) is 0.914. The molecule has 186 valence electrons. The second-order valence-corrected chi connectivity index (χ2v) is 9.12. The summed E-state index contributed by atoms with van der Waals surface area (Å²) >= 11 is 0. The molecule has 2 N–H and O–H groups in total. The molecule has 2 aromatic carbocycles. The lowest BCUT2D eigenvalue weighted by Crippen LogP contribution is -2.43. The predicted octanol–water partition coefficient (Wildman–Crippen LogP) is 5.41. The first-order chi connectivity index (χ1) is 16.6. The number of rotatable bonds is 9. The van der Waals surface area contributed by atoms with E-state index in [4.69, 9.17) is 14.4 Å². The number of aliphatic carboxylic acids is 1. The number of ether oxygens (including phenoxy) is 1. The first-order valence-corrected chi connectivity index (χ1v) is 11.3. The van der Waals surface area contributed by atoms with Crippen LogP contribution in [0.3, 0.4) is 0 Å². The first-order valence-electron chi connectivity index (χ1n) is 11.3. The highest BCUT2D eigenvalue weighted by Crippen LogP contribution is 2.39. The van der Waals surface area contributed by atoms with E-state index in [1.54, 1.807) is 12.1 Å². The van der Waals surface area contributed by atoms with E-state index in [-0.39, 0.29) is 47.5 Å². The van der Waals surface area contributed by atoms with E-state index < -0.39 is 17.7 Å². The standard InChI is InChI=1S/C25H26F3N3O4/c1-14(2)13-34-21-8-7-17(11-20(21)25(26,27)28)23-30-22(31-35-23)16-5-3-15(4-6-16)12-29-19-9-18(10-19)24(32)33/h3-8,11,14,18-19,29H,9-10,12-13H2,1-2H3,(H,32,33).